The summed E-state index contributed by atoms with van der Waals surface area (Å²) in [5, 5.41) is 3.57. The molecule has 2 aromatic carbocycles. The lowest BCUT2D eigenvalue weighted by atomic mass is 10.0. The van der Waals surface area contributed by atoms with Crippen molar-refractivity contribution in [1.29, 1.82) is 0 Å². The smallest absolute Gasteiger partial charge is 0.137 e. The maximum Gasteiger partial charge on any atom is 0.137 e. The third-order valence-corrected chi connectivity index (χ3v) is 4.29. The molecule has 112 valence electrons. The lowest BCUT2D eigenvalue weighted by molar-refractivity contribution is 0.456. The van der Waals surface area contributed by atoms with E-state index in [1.807, 2.05) is 18.2 Å². The quantitative estimate of drug-likeness (QED) is 0.749. The fourth-order valence-electron chi connectivity index (χ4n) is 2.42. The van der Waals surface area contributed by atoms with E-state index in [0.29, 0.717) is 10.5 Å². The van der Waals surface area contributed by atoms with Crippen LogP contribution in [0.2, 0.25) is 0 Å². The molecule has 0 spiro atoms. The summed E-state index contributed by atoms with van der Waals surface area (Å²) in [5.41, 5.74) is 2.46. The standard InChI is InChI=1S/C18H21BrFN/c1-13(8-9-15-6-4-3-5-7-15)21-14(2)16-10-11-18(20)17(19)12-16/h3-7,10-14,21H,8-9H2,1-2H3. The zero-order valence-corrected chi connectivity index (χ0v) is 14.0. The molecule has 2 aromatic rings. The highest BCUT2D eigenvalue weighted by Gasteiger charge is 2.11. The Morgan fingerprint density at radius 2 is 1.81 bits per heavy atom. The number of nitrogens with one attached hydrogen (secondary N) is 1. The highest BCUT2D eigenvalue weighted by atomic mass is 79.9. The first kappa shape index (κ1) is 16.2. The molecule has 2 rings (SSSR count). The average molecular weight is 350 g/mol. The van der Waals surface area contributed by atoms with E-state index < -0.39 is 0 Å². The van der Waals surface area contributed by atoms with E-state index in [1.165, 1.54) is 11.6 Å². The molecule has 0 aliphatic carbocycles. The summed E-state index contributed by atoms with van der Waals surface area (Å²) in [6, 6.07) is 16.3. The van der Waals surface area contributed by atoms with Crippen LogP contribution in [0.3, 0.4) is 0 Å². The summed E-state index contributed by atoms with van der Waals surface area (Å²) in [6.45, 7) is 4.30. The largest absolute Gasteiger partial charge is 0.308 e. The van der Waals surface area contributed by atoms with Crippen LogP contribution in [0.15, 0.2) is 53.0 Å². The topological polar surface area (TPSA) is 12.0 Å². The molecule has 0 saturated heterocycles. The van der Waals surface area contributed by atoms with Crippen LogP contribution in [-0.4, -0.2) is 6.04 Å². The SMILES string of the molecule is CC(CCc1ccccc1)NC(C)c1ccc(F)c(Br)c1. The van der Waals surface area contributed by atoms with Gasteiger partial charge >= 0.3 is 0 Å². The van der Waals surface area contributed by atoms with E-state index in [4.69, 9.17) is 0 Å². The first-order valence-electron chi connectivity index (χ1n) is 7.31. The zero-order chi connectivity index (χ0) is 15.2. The molecule has 1 N–H and O–H groups in total. The molecule has 0 bridgehead atoms. The monoisotopic (exact) mass is 349 g/mol. The first-order chi connectivity index (χ1) is 10.1. The lowest BCUT2D eigenvalue weighted by Gasteiger charge is -2.20. The molecule has 0 saturated carbocycles. The van der Waals surface area contributed by atoms with Crippen LogP contribution in [0.1, 0.15) is 37.4 Å². The molecular weight excluding hydrogens is 329 g/mol. The Balaban J connectivity index is 1.86. The number of hydrogen-bond donors (Lipinski definition) is 1. The van der Waals surface area contributed by atoms with Gasteiger partial charge in [-0.25, -0.2) is 4.39 Å². The van der Waals surface area contributed by atoms with Crippen LogP contribution in [0.5, 0.6) is 0 Å². The third kappa shape index (κ3) is 4.94. The van der Waals surface area contributed by atoms with E-state index in [2.05, 4.69) is 59.4 Å². The number of benzene rings is 2. The van der Waals surface area contributed by atoms with Crippen LogP contribution < -0.4 is 5.32 Å². The molecule has 0 heterocycles. The van der Waals surface area contributed by atoms with Crippen molar-refractivity contribution in [2.45, 2.75) is 38.8 Å². The van der Waals surface area contributed by atoms with E-state index in [9.17, 15) is 4.39 Å². The molecule has 2 atom stereocenters. The average Bonchev–Trinajstić information content (AvgIpc) is 2.49. The van der Waals surface area contributed by atoms with Crippen molar-refractivity contribution in [2.75, 3.05) is 0 Å². The number of aryl methyl sites for hydroxylation is 1. The summed E-state index contributed by atoms with van der Waals surface area (Å²) in [7, 11) is 0. The second-order valence-electron chi connectivity index (χ2n) is 5.49. The highest BCUT2D eigenvalue weighted by molar-refractivity contribution is 9.10. The van der Waals surface area contributed by atoms with Gasteiger partial charge in [0, 0.05) is 12.1 Å². The van der Waals surface area contributed by atoms with Crippen molar-refractivity contribution in [3.63, 3.8) is 0 Å². The van der Waals surface area contributed by atoms with Crippen LogP contribution in [0.4, 0.5) is 4.39 Å². The summed E-state index contributed by atoms with van der Waals surface area (Å²) in [6.07, 6.45) is 2.14. The van der Waals surface area contributed by atoms with E-state index in [0.717, 1.165) is 18.4 Å². The van der Waals surface area contributed by atoms with Gasteiger partial charge in [-0.05, 0) is 65.9 Å². The van der Waals surface area contributed by atoms with Gasteiger partial charge in [-0.1, -0.05) is 36.4 Å². The van der Waals surface area contributed by atoms with Gasteiger partial charge in [0.15, 0.2) is 0 Å². The minimum absolute atomic E-state index is 0.202. The molecule has 2 unspecified atom stereocenters. The van der Waals surface area contributed by atoms with E-state index >= 15 is 0 Å². The lowest BCUT2D eigenvalue weighted by Crippen LogP contribution is -2.29. The second kappa shape index (κ2) is 7.71. The van der Waals surface area contributed by atoms with Crippen molar-refractivity contribution >= 4 is 15.9 Å². The second-order valence-corrected chi connectivity index (χ2v) is 6.34. The van der Waals surface area contributed by atoms with Crippen molar-refractivity contribution in [3.05, 3.63) is 69.9 Å². The molecule has 0 aliphatic heterocycles. The predicted octanol–water partition coefficient (Wildman–Crippen LogP) is 5.26. The minimum Gasteiger partial charge on any atom is -0.308 e. The van der Waals surface area contributed by atoms with Gasteiger partial charge in [0.25, 0.3) is 0 Å². The molecule has 0 radical (unpaired) electrons. The highest BCUT2D eigenvalue weighted by Crippen LogP contribution is 2.21. The molecule has 0 amide bonds. The maximum atomic E-state index is 13.3. The number of halogens is 2. The molecule has 21 heavy (non-hydrogen) atoms. The predicted molar refractivity (Wildman–Crippen MR) is 89.9 cm³/mol. The van der Waals surface area contributed by atoms with E-state index in [1.54, 1.807) is 0 Å². The molecular formula is C18H21BrFN. The Kier molecular flexibility index (Phi) is 5.95. The van der Waals surface area contributed by atoms with Gasteiger partial charge in [-0.15, -0.1) is 0 Å². The van der Waals surface area contributed by atoms with Gasteiger partial charge in [-0.2, -0.15) is 0 Å². The van der Waals surface area contributed by atoms with Crippen LogP contribution >= 0.6 is 15.9 Å². The fourth-order valence-corrected chi connectivity index (χ4v) is 2.81. The summed E-state index contributed by atoms with van der Waals surface area (Å²) < 4.78 is 13.8. The van der Waals surface area contributed by atoms with Crippen LogP contribution in [0, 0.1) is 5.82 Å². The number of hydrogen-bond acceptors (Lipinski definition) is 1. The Labute approximate surface area is 134 Å². The van der Waals surface area contributed by atoms with Gasteiger partial charge in [0.1, 0.15) is 5.82 Å². The van der Waals surface area contributed by atoms with E-state index in [-0.39, 0.29) is 11.9 Å². The van der Waals surface area contributed by atoms with Crippen LogP contribution in [-0.2, 0) is 6.42 Å². The molecule has 0 fully saturated rings. The summed E-state index contributed by atoms with van der Waals surface area (Å²) >= 11 is 3.24. The van der Waals surface area contributed by atoms with Crippen molar-refractivity contribution < 1.29 is 4.39 Å². The molecule has 0 aliphatic rings. The van der Waals surface area contributed by atoms with Crippen molar-refractivity contribution in [2.24, 2.45) is 0 Å². The minimum atomic E-state index is -0.219. The Hall–Kier alpha value is -1.19. The Bertz CT molecular complexity index is 571. The fraction of sp³-hybridized carbons (Fsp3) is 0.333. The van der Waals surface area contributed by atoms with Gasteiger partial charge < -0.3 is 5.32 Å². The maximum absolute atomic E-state index is 13.3. The van der Waals surface area contributed by atoms with Crippen LogP contribution in [0.25, 0.3) is 0 Å². The van der Waals surface area contributed by atoms with Gasteiger partial charge in [0.2, 0.25) is 0 Å². The Morgan fingerprint density at radius 1 is 1.10 bits per heavy atom. The van der Waals surface area contributed by atoms with Gasteiger partial charge in [-0.3, -0.25) is 0 Å². The normalized spacial score (nSPS) is 13.9. The molecule has 3 heteroatoms. The number of rotatable bonds is 6. The van der Waals surface area contributed by atoms with Gasteiger partial charge in [0.05, 0.1) is 4.47 Å². The van der Waals surface area contributed by atoms with Crippen molar-refractivity contribution in [1.82, 2.24) is 5.32 Å². The molecule has 0 aromatic heterocycles. The summed E-state index contributed by atoms with van der Waals surface area (Å²) in [4.78, 5) is 0. The third-order valence-electron chi connectivity index (χ3n) is 3.69. The van der Waals surface area contributed by atoms with Crippen molar-refractivity contribution in [3.8, 4) is 0 Å². The molecule has 1 nitrogen and oxygen atoms in total. The summed E-state index contributed by atoms with van der Waals surface area (Å²) in [5.74, 6) is -0.219. The zero-order valence-electron chi connectivity index (χ0n) is 12.4. The Morgan fingerprint density at radius 3 is 2.48 bits per heavy atom. The first-order valence-corrected chi connectivity index (χ1v) is 8.10.